The molecular weight excluding hydrogens is 447 g/mol. The summed E-state index contributed by atoms with van der Waals surface area (Å²) >= 11 is 0. The molecule has 0 atom stereocenters. The van der Waals surface area contributed by atoms with Crippen LogP contribution in [0.4, 0.5) is 0 Å². The Morgan fingerprint density at radius 1 is 0.853 bits per heavy atom. The Bertz CT molecular complexity index is 1060. The van der Waals surface area contributed by atoms with E-state index in [9.17, 15) is 14.4 Å². The van der Waals surface area contributed by atoms with Gasteiger partial charge in [0.25, 0.3) is 0 Å². The maximum atomic E-state index is 11.5. The summed E-state index contributed by atoms with van der Waals surface area (Å²) in [7, 11) is -4.55. The Morgan fingerprint density at radius 3 is 1.85 bits per heavy atom. The topological polar surface area (TPSA) is 70.0 Å². The third kappa shape index (κ3) is 6.73. The van der Waals surface area contributed by atoms with Crippen LogP contribution >= 0.6 is 7.82 Å². The van der Waals surface area contributed by atoms with Crippen molar-refractivity contribution >= 4 is 13.9 Å². The van der Waals surface area contributed by atoms with Crippen LogP contribution in [0.25, 0.3) is 6.08 Å². The van der Waals surface area contributed by atoms with Crippen LogP contribution < -0.4 is 0 Å². The van der Waals surface area contributed by atoms with Gasteiger partial charge in [0.2, 0.25) is 0 Å². The fourth-order valence-electron chi connectivity index (χ4n) is 4.59. The second-order valence-electron chi connectivity index (χ2n) is 8.79. The van der Waals surface area contributed by atoms with Crippen molar-refractivity contribution in [3.63, 3.8) is 0 Å². The van der Waals surface area contributed by atoms with Gasteiger partial charge in [0.05, 0.1) is 25.7 Å². The molecule has 0 unspecified atom stereocenters. The van der Waals surface area contributed by atoms with Gasteiger partial charge < -0.3 is 9.79 Å². The average Bonchev–Trinajstić information content (AvgIpc) is 2.86. The first-order valence-corrected chi connectivity index (χ1v) is 13.1. The maximum absolute atomic E-state index is 11.5. The van der Waals surface area contributed by atoms with Crippen molar-refractivity contribution in [3.8, 4) is 0 Å². The molecule has 0 amide bonds. The molecule has 178 valence electrons. The molecule has 7 heteroatoms. The van der Waals surface area contributed by atoms with E-state index in [0.717, 1.165) is 31.7 Å². The number of phosphoric acid groups is 1. The average molecular weight is 480 g/mol. The van der Waals surface area contributed by atoms with Crippen LogP contribution in [-0.2, 0) is 9.09 Å². The molecule has 1 saturated heterocycles. The van der Waals surface area contributed by atoms with Crippen LogP contribution in [0.2, 0.25) is 0 Å². The second kappa shape index (κ2) is 11.2. The Balaban J connectivity index is 1.52. The summed E-state index contributed by atoms with van der Waals surface area (Å²) in [6.45, 7) is 3.67. The molecule has 0 bridgehead atoms. The van der Waals surface area contributed by atoms with E-state index < -0.39 is 7.82 Å². The van der Waals surface area contributed by atoms with Gasteiger partial charge in [-0.15, -0.1) is 0 Å². The van der Waals surface area contributed by atoms with Gasteiger partial charge in [-0.3, -0.25) is 9.38 Å². The fraction of sp³-hybridized carbons (Fsp3) is 0.259. The molecule has 0 spiro atoms. The minimum Gasteiger partial charge on any atom is -0.303 e. The number of phosphoric ester groups is 1. The van der Waals surface area contributed by atoms with E-state index >= 15 is 0 Å². The summed E-state index contributed by atoms with van der Waals surface area (Å²) < 4.78 is 17.0. The van der Waals surface area contributed by atoms with Gasteiger partial charge >= 0.3 is 7.82 Å². The summed E-state index contributed by atoms with van der Waals surface area (Å²) in [5.74, 6) is 0. The predicted molar refractivity (Wildman–Crippen MR) is 135 cm³/mol. The quantitative estimate of drug-likeness (QED) is 0.344. The largest absolute Gasteiger partial charge is 0.474 e. The van der Waals surface area contributed by atoms with Gasteiger partial charge in [-0.1, -0.05) is 97.1 Å². The summed E-state index contributed by atoms with van der Waals surface area (Å²) in [4.78, 5) is 21.2. The number of piperazine rings is 1. The van der Waals surface area contributed by atoms with Crippen molar-refractivity contribution in [2.24, 2.45) is 0 Å². The van der Waals surface area contributed by atoms with Gasteiger partial charge in [0.1, 0.15) is 0 Å². The smallest absolute Gasteiger partial charge is 0.303 e. The number of benzene rings is 3. The van der Waals surface area contributed by atoms with Crippen molar-refractivity contribution < 1.29 is 23.4 Å². The molecule has 1 aliphatic rings. The molecule has 1 aliphatic heterocycles. The number of hydrogen-bond acceptors (Lipinski definition) is 3. The molecule has 4 rings (SSSR count). The first kappa shape index (κ1) is 24.6. The molecule has 34 heavy (non-hydrogen) atoms. The van der Waals surface area contributed by atoms with Gasteiger partial charge in [-0.2, -0.15) is 0 Å². The first-order valence-electron chi connectivity index (χ1n) is 11.5. The molecule has 0 aromatic heterocycles. The zero-order valence-corrected chi connectivity index (χ0v) is 20.1. The van der Waals surface area contributed by atoms with Crippen LogP contribution in [0.3, 0.4) is 0 Å². The summed E-state index contributed by atoms with van der Waals surface area (Å²) in [5.41, 5.74) is 3.58. The zero-order valence-electron chi connectivity index (χ0n) is 19.2. The van der Waals surface area contributed by atoms with Crippen molar-refractivity contribution in [2.75, 3.05) is 39.5 Å². The van der Waals surface area contributed by atoms with Crippen molar-refractivity contribution in [3.05, 3.63) is 114 Å². The Kier molecular flexibility index (Phi) is 8.11. The van der Waals surface area contributed by atoms with Crippen LogP contribution in [0.15, 0.2) is 97.1 Å². The third-order valence-electron chi connectivity index (χ3n) is 6.42. The van der Waals surface area contributed by atoms with Crippen molar-refractivity contribution in [1.29, 1.82) is 0 Å². The highest BCUT2D eigenvalue weighted by Gasteiger charge is 2.37. The molecule has 3 aromatic carbocycles. The lowest BCUT2D eigenvalue weighted by molar-refractivity contribution is -0.941. The lowest BCUT2D eigenvalue weighted by Gasteiger charge is -2.46. The maximum Gasteiger partial charge on any atom is 0.474 e. The number of hydrogen-bond donors (Lipinski definition) is 2. The molecule has 1 fully saturated rings. The minimum absolute atomic E-state index is 0.0153. The normalized spacial score (nSPS) is 16.8. The Labute approximate surface area is 201 Å². The van der Waals surface area contributed by atoms with Crippen molar-refractivity contribution in [1.82, 2.24) is 4.90 Å². The number of nitrogens with zero attached hydrogens (tertiary/aromatic N) is 2. The minimum atomic E-state index is -4.55. The fourth-order valence-corrected chi connectivity index (χ4v) is 4.98. The van der Waals surface area contributed by atoms with E-state index in [1.54, 1.807) is 0 Å². The van der Waals surface area contributed by atoms with Gasteiger partial charge in [-0.25, -0.2) is 9.09 Å². The van der Waals surface area contributed by atoms with Gasteiger partial charge in [0.15, 0.2) is 6.73 Å². The highest BCUT2D eigenvalue weighted by Crippen LogP contribution is 2.37. The first-order chi connectivity index (χ1) is 16.4. The van der Waals surface area contributed by atoms with Crippen molar-refractivity contribution in [2.45, 2.75) is 6.04 Å². The summed E-state index contributed by atoms with van der Waals surface area (Å²) in [5, 5.41) is 0. The molecule has 3 aromatic rings. The SMILES string of the molecule is O=P(O)(O)OC[N+]1(CC=Cc2ccccc2)CCN(C(c2ccccc2)c2ccccc2)CC1. The number of quaternary nitrogens is 1. The molecule has 0 aliphatic carbocycles. The predicted octanol–water partition coefficient (Wildman–Crippen LogP) is 4.69. The van der Waals surface area contributed by atoms with Gasteiger partial charge in [-0.05, 0) is 22.8 Å². The lowest BCUT2D eigenvalue weighted by atomic mass is 9.96. The van der Waals surface area contributed by atoms with Crippen LogP contribution in [0, 0.1) is 0 Å². The van der Waals surface area contributed by atoms with E-state index in [-0.39, 0.29) is 12.8 Å². The molecule has 2 N–H and O–H groups in total. The Morgan fingerprint density at radius 2 is 1.35 bits per heavy atom. The number of rotatable bonds is 9. The highest BCUT2D eigenvalue weighted by atomic mass is 31.2. The summed E-state index contributed by atoms with van der Waals surface area (Å²) in [6.07, 6.45) is 4.14. The highest BCUT2D eigenvalue weighted by molar-refractivity contribution is 7.46. The van der Waals surface area contributed by atoms with E-state index in [0.29, 0.717) is 11.0 Å². The van der Waals surface area contributed by atoms with E-state index in [4.69, 9.17) is 4.52 Å². The van der Waals surface area contributed by atoms with Gasteiger partial charge in [0, 0.05) is 13.1 Å². The standard InChI is InChI=1S/C27H31N2O4P/c30-34(31,32)33-23-29(20-10-13-24-11-4-1-5-12-24)21-18-28(19-22-29)27(25-14-6-2-7-15-25)26-16-8-3-9-17-26/h1-17,27H,18-23H2,(H-,30,31,32)/p+1. The molecular formula is C27H32N2O4P+. The van der Waals surface area contributed by atoms with Crippen LogP contribution in [0.1, 0.15) is 22.7 Å². The molecule has 0 saturated carbocycles. The third-order valence-corrected chi connectivity index (χ3v) is 6.87. The second-order valence-corrected chi connectivity index (χ2v) is 10.0. The molecule has 1 heterocycles. The zero-order chi connectivity index (χ0) is 23.9. The van der Waals surface area contributed by atoms with E-state index in [1.165, 1.54) is 11.1 Å². The summed E-state index contributed by atoms with van der Waals surface area (Å²) in [6, 6.07) is 31.1. The Hall–Kier alpha value is -2.57. The lowest BCUT2D eigenvalue weighted by Crippen LogP contribution is -2.60. The molecule has 0 radical (unpaired) electrons. The monoisotopic (exact) mass is 479 g/mol. The van der Waals surface area contributed by atoms with Crippen LogP contribution in [0.5, 0.6) is 0 Å². The van der Waals surface area contributed by atoms with E-state index in [1.807, 2.05) is 42.5 Å². The van der Waals surface area contributed by atoms with E-state index in [2.05, 4.69) is 65.6 Å². The van der Waals surface area contributed by atoms with Crippen LogP contribution in [-0.4, -0.2) is 58.6 Å². The molecule has 6 nitrogen and oxygen atoms in total.